The fourth-order valence-electron chi connectivity index (χ4n) is 2.14. The van der Waals surface area contributed by atoms with Crippen LogP contribution in [0.1, 0.15) is 10.5 Å². The highest BCUT2D eigenvalue weighted by Gasteiger charge is 2.17. The molecule has 2 heterocycles. The SMILES string of the molecule is COC(=O)c1ncc2nc(-c3cccc(Br)c3)ccc2c1O. The lowest BCUT2D eigenvalue weighted by atomic mass is 10.1. The molecule has 0 aliphatic carbocycles. The fourth-order valence-corrected chi connectivity index (χ4v) is 2.54. The Labute approximate surface area is 134 Å². The van der Waals surface area contributed by atoms with Gasteiger partial charge in [0.05, 0.1) is 24.5 Å². The number of benzene rings is 1. The van der Waals surface area contributed by atoms with E-state index in [1.54, 1.807) is 12.1 Å². The normalized spacial score (nSPS) is 10.6. The van der Waals surface area contributed by atoms with Gasteiger partial charge in [0.25, 0.3) is 0 Å². The van der Waals surface area contributed by atoms with Crippen LogP contribution in [-0.4, -0.2) is 28.2 Å². The van der Waals surface area contributed by atoms with Crippen molar-refractivity contribution in [2.45, 2.75) is 0 Å². The summed E-state index contributed by atoms with van der Waals surface area (Å²) in [6.07, 6.45) is 1.45. The van der Waals surface area contributed by atoms with Crippen LogP contribution in [0.3, 0.4) is 0 Å². The summed E-state index contributed by atoms with van der Waals surface area (Å²) in [6.45, 7) is 0. The topological polar surface area (TPSA) is 72.3 Å². The number of hydrogen-bond donors (Lipinski definition) is 1. The number of pyridine rings is 2. The lowest BCUT2D eigenvalue weighted by Crippen LogP contribution is -2.05. The van der Waals surface area contributed by atoms with Crippen molar-refractivity contribution in [3.8, 4) is 17.0 Å². The molecule has 0 atom stereocenters. The van der Waals surface area contributed by atoms with Gasteiger partial charge in [-0.05, 0) is 24.3 Å². The Morgan fingerprint density at radius 2 is 2.09 bits per heavy atom. The van der Waals surface area contributed by atoms with Crippen molar-refractivity contribution in [3.63, 3.8) is 0 Å². The first kappa shape index (κ1) is 14.5. The standard InChI is InChI=1S/C16H11BrN2O3/c1-22-16(21)14-15(20)11-5-6-12(19-13(11)8-18-14)9-3-2-4-10(17)7-9/h2-8,20H,1H3. The number of methoxy groups -OCH3 is 1. The fraction of sp³-hybridized carbons (Fsp3) is 0.0625. The van der Waals surface area contributed by atoms with Crippen LogP contribution < -0.4 is 0 Å². The summed E-state index contributed by atoms with van der Waals surface area (Å²) in [5.41, 5.74) is 2.07. The number of carbonyl (C=O) groups is 1. The molecule has 0 bridgehead atoms. The molecule has 0 radical (unpaired) electrons. The third-order valence-electron chi connectivity index (χ3n) is 3.22. The zero-order valence-electron chi connectivity index (χ0n) is 11.6. The van der Waals surface area contributed by atoms with Gasteiger partial charge in [0.15, 0.2) is 11.4 Å². The van der Waals surface area contributed by atoms with Gasteiger partial charge >= 0.3 is 5.97 Å². The Balaban J connectivity index is 2.14. The maximum atomic E-state index is 11.5. The highest BCUT2D eigenvalue weighted by atomic mass is 79.9. The van der Waals surface area contributed by atoms with E-state index in [2.05, 4.69) is 30.6 Å². The Morgan fingerprint density at radius 3 is 2.82 bits per heavy atom. The van der Waals surface area contributed by atoms with Gasteiger partial charge in [-0.3, -0.25) is 0 Å². The van der Waals surface area contributed by atoms with Crippen LogP contribution in [0.2, 0.25) is 0 Å². The molecule has 3 rings (SSSR count). The molecule has 0 aliphatic heterocycles. The van der Waals surface area contributed by atoms with Crippen molar-refractivity contribution in [2.24, 2.45) is 0 Å². The lowest BCUT2D eigenvalue weighted by molar-refractivity contribution is 0.0591. The lowest BCUT2D eigenvalue weighted by Gasteiger charge is -2.07. The molecule has 1 N–H and O–H groups in total. The highest BCUT2D eigenvalue weighted by Crippen LogP contribution is 2.29. The van der Waals surface area contributed by atoms with Crippen molar-refractivity contribution in [1.29, 1.82) is 0 Å². The van der Waals surface area contributed by atoms with E-state index in [1.807, 2.05) is 24.3 Å². The average molecular weight is 359 g/mol. The van der Waals surface area contributed by atoms with E-state index in [4.69, 9.17) is 0 Å². The Morgan fingerprint density at radius 1 is 1.27 bits per heavy atom. The second-order valence-electron chi connectivity index (χ2n) is 4.59. The molecule has 1 aromatic carbocycles. The molecule has 0 saturated carbocycles. The van der Waals surface area contributed by atoms with Crippen molar-refractivity contribution in [3.05, 3.63) is 52.8 Å². The quantitative estimate of drug-likeness (QED) is 0.709. The monoisotopic (exact) mass is 358 g/mol. The molecule has 0 unspecified atom stereocenters. The smallest absolute Gasteiger partial charge is 0.360 e. The summed E-state index contributed by atoms with van der Waals surface area (Å²) in [6, 6.07) is 11.2. The van der Waals surface area contributed by atoms with E-state index < -0.39 is 5.97 Å². The number of esters is 1. The molecule has 2 aromatic heterocycles. The van der Waals surface area contributed by atoms with Crippen LogP contribution in [0.5, 0.6) is 5.75 Å². The van der Waals surface area contributed by atoms with E-state index >= 15 is 0 Å². The number of rotatable bonds is 2. The predicted octanol–water partition coefficient (Wildman–Crippen LogP) is 3.55. The van der Waals surface area contributed by atoms with Gasteiger partial charge in [0, 0.05) is 15.4 Å². The second-order valence-corrected chi connectivity index (χ2v) is 5.50. The summed E-state index contributed by atoms with van der Waals surface area (Å²) < 4.78 is 5.54. The van der Waals surface area contributed by atoms with Gasteiger partial charge in [0.1, 0.15) is 0 Å². The maximum absolute atomic E-state index is 11.5. The van der Waals surface area contributed by atoms with Gasteiger partial charge in [0.2, 0.25) is 0 Å². The summed E-state index contributed by atoms with van der Waals surface area (Å²) in [5, 5.41) is 10.6. The van der Waals surface area contributed by atoms with Crippen LogP contribution in [0.15, 0.2) is 47.1 Å². The number of aromatic nitrogens is 2. The average Bonchev–Trinajstić information content (AvgIpc) is 2.54. The van der Waals surface area contributed by atoms with E-state index in [1.165, 1.54) is 13.3 Å². The molecule has 0 amide bonds. The van der Waals surface area contributed by atoms with E-state index in [-0.39, 0.29) is 11.4 Å². The molecular formula is C16H11BrN2O3. The number of halogens is 1. The number of carbonyl (C=O) groups excluding carboxylic acids is 1. The zero-order chi connectivity index (χ0) is 15.7. The van der Waals surface area contributed by atoms with Gasteiger partial charge in [-0.25, -0.2) is 14.8 Å². The van der Waals surface area contributed by atoms with Gasteiger partial charge in [-0.1, -0.05) is 28.1 Å². The van der Waals surface area contributed by atoms with Gasteiger partial charge in [-0.2, -0.15) is 0 Å². The van der Waals surface area contributed by atoms with Crippen molar-refractivity contribution >= 4 is 32.8 Å². The first-order chi connectivity index (χ1) is 10.6. The Bertz CT molecular complexity index is 880. The van der Waals surface area contributed by atoms with Crippen LogP contribution >= 0.6 is 15.9 Å². The number of fused-ring (bicyclic) bond motifs is 1. The minimum absolute atomic E-state index is 0.119. The third-order valence-corrected chi connectivity index (χ3v) is 3.71. The number of ether oxygens (including phenoxy) is 1. The molecule has 3 aromatic rings. The third kappa shape index (κ3) is 2.53. The molecule has 0 aliphatic rings. The first-order valence-corrected chi connectivity index (χ1v) is 7.22. The zero-order valence-corrected chi connectivity index (χ0v) is 13.2. The van der Waals surface area contributed by atoms with Crippen LogP contribution in [0.4, 0.5) is 0 Å². The largest absolute Gasteiger partial charge is 0.505 e. The summed E-state index contributed by atoms with van der Waals surface area (Å²) in [4.78, 5) is 19.9. The summed E-state index contributed by atoms with van der Waals surface area (Å²) in [7, 11) is 1.24. The molecule has 6 heteroatoms. The Hall–Kier alpha value is -2.47. The molecule has 0 fully saturated rings. The minimum Gasteiger partial charge on any atom is -0.505 e. The minimum atomic E-state index is -0.685. The number of hydrogen-bond acceptors (Lipinski definition) is 5. The molecule has 0 saturated heterocycles. The van der Waals surface area contributed by atoms with E-state index in [9.17, 15) is 9.90 Å². The highest BCUT2D eigenvalue weighted by molar-refractivity contribution is 9.10. The molecule has 5 nitrogen and oxygen atoms in total. The summed E-state index contributed by atoms with van der Waals surface area (Å²) in [5.74, 6) is -0.909. The first-order valence-electron chi connectivity index (χ1n) is 6.43. The maximum Gasteiger partial charge on any atom is 0.360 e. The van der Waals surface area contributed by atoms with Crippen molar-refractivity contribution < 1.29 is 14.6 Å². The van der Waals surface area contributed by atoms with Crippen LogP contribution in [-0.2, 0) is 4.74 Å². The van der Waals surface area contributed by atoms with Crippen molar-refractivity contribution in [1.82, 2.24) is 9.97 Å². The molecule has 0 spiro atoms. The van der Waals surface area contributed by atoms with Gasteiger partial charge < -0.3 is 9.84 Å². The molecule has 110 valence electrons. The van der Waals surface area contributed by atoms with E-state index in [0.29, 0.717) is 10.9 Å². The predicted molar refractivity (Wildman–Crippen MR) is 85.7 cm³/mol. The number of aromatic hydroxyl groups is 1. The summed E-state index contributed by atoms with van der Waals surface area (Å²) >= 11 is 3.42. The molecule has 22 heavy (non-hydrogen) atoms. The second kappa shape index (κ2) is 5.73. The Kier molecular flexibility index (Phi) is 3.77. The van der Waals surface area contributed by atoms with E-state index in [0.717, 1.165) is 15.7 Å². The number of nitrogens with zero attached hydrogens (tertiary/aromatic N) is 2. The van der Waals surface area contributed by atoms with Gasteiger partial charge in [-0.15, -0.1) is 0 Å². The molecular weight excluding hydrogens is 348 g/mol. The van der Waals surface area contributed by atoms with Crippen LogP contribution in [0, 0.1) is 0 Å². The van der Waals surface area contributed by atoms with Crippen LogP contribution in [0.25, 0.3) is 22.2 Å². The van der Waals surface area contributed by atoms with Crippen molar-refractivity contribution in [2.75, 3.05) is 7.11 Å².